The van der Waals surface area contributed by atoms with Gasteiger partial charge in [0, 0.05) is 5.39 Å². The van der Waals surface area contributed by atoms with E-state index in [1.807, 2.05) is 0 Å². The third kappa shape index (κ3) is 5.28. The van der Waals surface area contributed by atoms with Crippen molar-refractivity contribution in [3.8, 4) is 11.5 Å². The van der Waals surface area contributed by atoms with Crippen LogP contribution in [0, 0.1) is 0 Å². The molecular formula is C16H10N2Na2O5S. The predicted octanol–water partition coefficient (Wildman–Crippen LogP) is -3.34. The summed E-state index contributed by atoms with van der Waals surface area (Å²) in [7, 11) is -4.34. The molecule has 122 valence electrons. The summed E-state index contributed by atoms with van der Waals surface area (Å²) in [6, 6.07) is 12.1. The summed E-state index contributed by atoms with van der Waals surface area (Å²) in [5.74, 6) is -0.548. The molecule has 3 aromatic rings. The second kappa shape index (κ2) is 9.29. The molecule has 0 fully saturated rings. The summed E-state index contributed by atoms with van der Waals surface area (Å²) in [6.07, 6.45) is 0. The van der Waals surface area contributed by atoms with Crippen LogP contribution < -0.4 is 69.3 Å². The predicted molar refractivity (Wildman–Crippen MR) is 83.3 cm³/mol. The van der Waals surface area contributed by atoms with E-state index >= 15 is 0 Å². The van der Waals surface area contributed by atoms with Crippen LogP contribution in [0.3, 0.4) is 0 Å². The van der Waals surface area contributed by atoms with Crippen molar-refractivity contribution in [2.24, 2.45) is 10.2 Å². The second-order valence-electron chi connectivity index (χ2n) is 4.96. The van der Waals surface area contributed by atoms with Crippen LogP contribution in [0.1, 0.15) is 0 Å². The van der Waals surface area contributed by atoms with Crippen molar-refractivity contribution < 1.29 is 82.3 Å². The molecule has 3 aromatic carbocycles. The van der Waals surface area contributed by atoms with Gasteiger partial charge in [-0.3, -0.25) is 4.55 Å². The topological polar surface area (TPSA) is 125 Å². The van der Waals surface area contributed by atoms with Crippen molar-refractivity contribution in [3.63, 3.8) is 0 Å². The number of azo groups is 1. The molecule has 7 nitrogen and oxygen atoms in total. The minimum Gasteiger partial charge on any atom is -0.872 e. The summed E-state index contributed by atoms with van der Waals surface area (Å²) >= 11 is 0. The van der Waals surface area contributed by atoms with E-state index in [0.29, 0.717) is 16.5 Å². The number of hydrogen-bond acceptors (Lipinski definition) is 6. The van der Waals surface area contributed by atoms with Gasteiger partial charge in [0.25, 0.3) is 10.1 Å². The maximum Gasteiger partial charge on any atom is 1.00 e. The van der Waals surface area contributed by atoms with Gasteiger partial charge in [0.2, 0.25) is 0 Å². The van der Waals surface area contributed by atoms with E-state index in [1.165, 1.54) is 54.6 Å². The van der Waals surface area contributed by atoms with Gasteiger partial charge in [-0.2, -0.15) is 18.6 Å². The van der Waals surface area contributed by atoms with Crippen LogP contribution in [-0.4, -0.2) is 13.0 Å². The van der Waals surface area contributed by atoms with E-state index in [1.54, 1.807) is 0 Å². The maximum atomic E-state index is 12.0. The summed E-state index contributed by atoms with van der Waals surface area (Å²) in [4.78, 5) is -0.275. The molecule has 10 heteroatoms. The van der Waals surface area contributed by atoms with Gasteiger partial charge in [0.05, 0.1) is 16.3 Å². The third-order valence-electron chi connectivity index (χ3n) is 3.33. The van der Waals surface area contributed by atoms with Crippen LogP contribution in [0.5, 0.6) is 11.5 Å². The molecule has 0 spiro atoms. The molecule has 0 atom stereocenters. The molecule has 0 aromatic heterocycles. The van der Waals surface area contributed by atoms with Crippen molar-refractivity contribution >= 4 is 32.3 Å². The van der Waals surface area contributed by atoms with Gasteiger partial charge in [-0.15, -0.1) is 5.75 Å². The van der Waals surface area contributed by atoms with E-state index in [2.05, 4.69) is 10.2 Å². The fourth-order valence-electron chi connectivity index (χ4n) is 2.16. The normalized spacial score (nSPS) is 11.1. The van der Waals surface area contributed by atoms with Gasteiger partial charge in [0.15, 0.2) is 0 Å². The van der Waals surface area contributed by atoms with E-state index in [0.717, 1.165) is 0 Å². The van der Waals surface area contributed by atoms with Crippen LogP contribution in [0.15, 0.2) is 69.7 Å². The Morgan fingerprint density at radius 1 is 0.846 bits per heavy atom. The Labute approximate surface area is 194 Å². The quantitative estimate of drug-likeness (QED) is 0.285. The van der Waals surface area contributed by atoms with Gasteiger partial charge in [0.1, 0.15) is 0 Å². The first kappa shape index (κ1) is 23.1. The van der Waals surface area contributed by atoms with E-state index in [-0.39, 0.29) is 81.2 Å². The van der Waals surface area contributed by atoms with Crippen molar-refractivity contribution in [1.82, 2.24) is 0 Å². The average Bonchev–Trinajstić information content (AvgIpc) is 2.54. The van der Waals surface area contributed by atoms with Crippen LogP contribution in [-0.2, 0) is 10.1 Å². The molecule has 0 heterocycles. The first-order chi connectivity index (χ1) is 11.3. The Bertz CT molecular complexity index is 1050. The summed E-state index contributed by atoms with van der Waals surface area (Å²) < 4.78 is 31.5. The molecule has 0 amide bonds. The zero-order valence-corrected chi connectivity index (χ0v) is 18.9. The molecule has 0 aliphatic heterocycles. The van der Waals surface area contributed by atoms with E-state index < -0.39 is 10.1 Å². The summed E-state index contributed by atoms with van der Waals surface area (Å²) in [5.41, 5.74) is 0.446. The van der Waals surface area contributed by atoms with Crippen molar-refractivity contribution in [3.05, 3.63) is 54.6 Å². The zero-order chi connectivity index (χ0) is 17.3. The van der Waals surface area contributed by atoms with Crippen molar-refractivity contribution in [2.45, 2.75) is 4.90 Å². The number of rotatable bonds is 3. The Morgan fingerprint density at radius 3 is 2.12 bits per heavy atom. The first-order valence-corrected chi connectivity index (χ1v) is 8.19. The number of nitrogens with zero attached hydrogens (tertiary/aromatic N) is 2. The van der Waals surface area contributed by atoms with Crippen LogP contribution in [0.4, 0.5) is 11.4 Å². The molecule has 0 radical (unpaired) electrons. The standard InChI is InChI=1S/C16H12N2O5S.2Na/c19-12-4-2-11(3-5-12)17-18-16-14-7-6-13(24(21,22)23)9-10(14)1-8-15(16)20;;/h1-9,19-20H,(H,21,22,23);;/q;2*+1/p-2. The van der Waals surface area contributed by atoms with Crippen molar-refractivity contribution in [2.75, 3.05) is 0 Å². The molecule has 0 bridgehead atoms. The monoisotopic (exact) mass is 388 g/mol. The van der Waals surface area contributed by atoms with Crippen LogP contribution in [0.2, 0.25) is 0 Å². The average molecular weight is 388 g/mol. The third-order valence-corrected chi connectivity index (χ3v) is 4.18. The fourth-order valence-corrected chi connectivity index (χ4v) is 2.67. The molecule has 0 unspecified atom stereocenters. The van der Waals surface area contributed by atoms with Gasteiger partial charge in [-0.25, -0.2) is 0 Å². The minimum atomic E-state index is -4.34. The zero-order valence-electron chi connectivity index (χ0n) is 14.1. The van der Waals surface area contributed by atoms with Gasteiger partial charge in [-0.1, -0.05) is 36.1 Å². The second-order valence-corrected chi connectivity index (χ2v) is 6.39. The molecule has 0 saturated heterocycles. The number of benzene rings is 3. The molecule has 0 aliphatic carbocycles. The van der Waals surface area contributed by atoms with Gasteiger partial charge in [-0.05, 0) is 29.7 Å². The Balaban J connectivity index is 0.00000169. The first-order valence-electron chi connectivity index (χ1n) is 6.75. The summed E-state index contributed by atoms with van der Waals surface area (Å²) in [6.45, 7) is 0. The largest absolute Gasteiger partial charge is 1.00 e. The minimum absolute atomic E-state index is 0. The molecule has 26 heavy (non-hydrogen) atoms. The molecular weight excluding hydrogens is 378 g/mol. The van der Waals surface area contributed by atoms with Crippen LogP contribution in [0.25, 0.3) is 10.8 Å². The Kier molecular flexibility index (Phi) is 8.25. The Hall–Kier alpha value is -0.970. The molecule has 0 aliphatic rings. The fraction of sp³-hybridized carbons (Fsp3) is 0. The number of hydrogen-bond donors (Lipinski definition) is 1. The Morgan fingerprint density at radius 2 is 1.50 bits per heavy atom. The van der Waals surface area contributed by atoms with Crippen LogP contribution >= 0.6 is 0 Å². The van der Waals surface area contributed by atoms with Gasteiger partial charge < -0.3 is 10.2 Å². The SMILES string of the molecule is O=S(=O)(O)c1ccc2c(N=Nc3ccc([O-])cc3)c([O-])ccc2c1.[Na+].[Na+]. The van der Waals surface area contributed by atoms with Gasteiger partial charge >= 0.3 is 59.1 Å². The maximum absolute atomic E-state index is 12.0. The number of fused-ring (bicyclic) bond motifs is 1. The molecule has 0 saturated carbocycles. The molecule has 1 N–H and O–H groups in total. The van der Waals surface area contributed by atoms with E-state index in [4.69, 9.17) is 4.55 Å². The van der Waals surface area contributed by atoms with E-state index in [9.17, 15) is 18.6 Å². The summed E-state index contributed by atoms with van der Waals surface area (Å²) in [5, 5.41) is 31.7. The smallest absolute Gasteiger partial charge is 0.872 e. The van der Waals surface area contributed by atoms with Crippen molar-refractivity contribution in [1.29, 1.82) is 0 Å². The molecule has 3 rings (SSSR count).